The Labute approximate surface area is 181 Å². The Bertz CT molecular complexity index is 1230. The molecule has 0 aliphatic carbocycles. The summed E-state index contributed by atoms with van der Waals surface area (Å²) in [6.45, 7) is 12.4. The molecule has 148 valence electrons. The molecule has 0 N–H and O–H groups in total. The average Bonchev–Trinajstić information content (AvgIpc) is 2.73. The molecule has 1 heteroatoms. The number of hydrogen-bond donors (Lipinski definition) is 0. The van der Waals surface area contributed by atoms with Crippen LogP contribution in [-0.4, -0.2) is 6.71 Å². The maximum atomic E-state index is 2.45. The number of benzene rings is 4. The van der Waals surface area contributed by atoms with Gasteiger partial charge in [-0.15, -0.1) is 0 Å². The second kappa shape index (κ2) is 6.60. The van der Waals surface area contributed by atoms with Gasteiger partial charge in [0.2, 0.25) is 0 Å². The van der Waals surface area contributed by atoms with E-state index in [0.717, 1.165) is 0 Å². The summed E-state index contributed by atoms with van der Waals surface area (Å²) in [6.07, 6.45) is 0. The summed E-state index contributed by atoms with van der Waals surface area (Å²) in [7, 11) is 0. The van der Waals surface area contributed by atoms with Crippen LogP contribution in [0.4, 0.5) is 0 Å². The van der Waals surface area contributed by atoms with Gasteiger partial charge in [0.15, 0.2) is 6.71 Å². The van der Waals surface area contributed by atoms with Crippen molar-refractivity contribution in [1.29, 1.82) is 0 Å². The average molecular weight is 388 g/mol. The highest BCUT2D eigenvalue weighted by Crippen LogP contribution is 2.49. The molecule has 4 aromatic carbocycles. The Morgan fingerprint density at radius 3 is 1.97 bits per heavy atom. The maximum Gasteiger partial charge on any atom is 0.197 e. The largest absolute Gasteiger partial charge is 0.197 e. The molecule has 5 rings (SSSR count). The fraction of sp³-hybridized carbons (Fsp3) is 0.241. The molecular formula is C29H29B. The summed E-state index contributed by atoms with van der Waals surface area (Å²) >= 11 is 0. The Balaban J connectivity index is 1.83. The highest BCUT2D eigenvalue weighted by Gasteiger charge is 2.52. The molecule has 1 aliphatic heterocycles. The van der Waals surface area contributed by atoms with E-state index < -0.39 is 0 Å². The minimum atomic E-state index is 0.00862. The highest BCUT2D eigenvalue weighted by atomic mass is 14.4. The SMILES string of the molecule is Cc1ccc2c3c(cccc13)C(C)(C)B(c1ccccc1-c1ccccc1)C2(C)C. The zero-order valence-corrected chi connectivity index (χ0v) is 18.7. The first kappa shape index (κ1) is 19.2. The molecule has 0 spiro atoms. The van der Waals surface area contributed by atoms with Gasteiger partial charge in [-0.2, -0.15) is 0 Å². The van der Waals surface area contributed by atoms with Gasteiger partial charge >= 0.3 is 0 Å². The Kier molecular flexibility index (Phi) is 4.22. The maximum absolute atomic E-state index is 2.45. The van der Waals surface area contributed by atoms with E-state index in [1.54, 1.807) is 0 Å². The molecular weight excluding hydrogens is 359 g/mol. The van der Waals surface area contributed by atoms with Gasteiger partial charge in [-0.25, -0.2) is 0 Å². The van der Waals surface area contributed by atoms with Gasteiger partial charge in [0.05, 0.1) is 0 Å². The lowest BCUT2D eigenvalue weighted by Gasteiger charge is -2.49. The van der Waals surface area contributed by atoms with Crippen LogP contribution < -0.4 is 5.46 Å². The summed E-state index contributed by atoms with van der Waals surface area (Å²) in [5, 5.41) is 2.89. The molecule has 0 bridgehead atoms. The van der Waals surface area contributed by atoms with E-state index in [-0.39, 0.29) is 10.6 Å². The molecule has 30 heavy (non-hydrogen) atoms. The molecule has 0 fully saturated rings. The molecule has 0 aromatic heterocycles. The topological polar surface area (TPSA) is 0 Å². The lowest BCUT2D eigenvalue weighted by atomic mass is 9.17. The molecule has 0 atom stereocenters. The molecule has 0 amide bonds. The summed E-state index contributed by atoms with van der Waals surface area (Å²) in [5.41, 5.74) is 8.42. The van der Waals surface area contributed by atoms with Crippen molar-refractivity contribution >= 4 is 22.9 Å². The Morgan fingerprint density at radius 1 is 0.600 bits per heavy atom. The number of rotatable bonds is 2. The summed E-state index contributed by atoms with van der Waals surface area (Å²) in [6, 6.07) is 31.5. The first-order chi connectivity index (χ1) is 14.3. The quantitative estimate of drug-likeness (QED) is 0.329. The third-order valence-electron chi connectivity index (χ3n) is 7.45. The molecule has 0 unspecified atom stereocenters. The van der Waals surface area contributed by atoms with Crippen molar-refractivity contribution in [3.05, 3.63) is 102 Å². The lowest BCUT2D eigenvalue weighted by molar-refractivity contribution is 0.636. The van der Waals surface area contributed by atoms with Crippen LogP contribution in [0.3, 0.4) is 0 Å². The van der Waals surface area contributed by atoms with E-state index in [1.807, 2.05) is 0 Å². The number of aryl methyl sites for hydroxylation is 1. The first-order valence-electron chi connectivity index (χ1n) is 11.0. The zero-order valence-electron chi connectivity index (χ0n) is 18.7. The van der Waals surface area contributed by atoms with Gasteiger partial charge in [0.1, 0.15) is 0 Å². The normalized spacial score (nSPS) is 16.6. The minimum Gasteiger partial charge on any atom is -0.0705 e. The van der Waals surface area contributed by atoms with Crippen molar-refractivity contribution in [2.24, 2.45) is 0 Å². The van der Waals surface area contributed by atoms with Crippen LogP contribution in [0.25, 0.3) is 21.9 Å². The van der Waals surface area contributed by atoms with Crippen LogP contribution in [0.1, 0.15) is 44.4 Å². The predicted octanol–water partition coefficient (Wildman–Crippen LogP) is 6.86. The van der Waals surface area contributed by atoms with Crippen LogP contribution in [0.2, 0.25) is 0 Å². The summed E-state index contributed by atoms with van der Waals surface area (Å²) in [4.78, 5) is 0. The van der Waals surface area contributed by atoms with Crippen molar-refractivity contribution < 1.29 is 0 Å². The van der Waals surface area contributed by atoms with Gasteiger partial charge in [-0.05, 0) is 56.1 Å². The van der Waals surface area contributed by atoms with Gasteiger partial charge in [0, 0.05) is 0 Å². The van der Waals surface area contributed by atoms with Gasteiger partial charge in [0.25, 0.3) is 0 Å². The monoisotopic (exact) mass is 388 g/mol. The second-order valence-electron chi connectivity index (χ2n) is 9.99. The Morgan fingerprint density at radius 2 is 1.23 bits per heavy atom. The fourth-order valence-corrected chi connectivity index (χ4v) is 6.25. The molecule has 1 aliphatic rings. The van der Waals surface area contributed by atoms with Crippen molar-refractivity contribution in [3.63, 3.8) is 0 Å². The minimum absolute atomic E-state index is 0.00862. The summed E-state index contributed by atoms with van der Waals surface area (Å²) < 4.78 is 0. The van der Waals surface area contributed by atoms with Crippen LogP contribution in [0.5, 0.6) is 0 Å². The molecule has 0 radical (unpaired) electrons. The van der Waals surface area contributed by atoms with Gasteiger partial charge in [-0.1, -0.05) is 118 Å². The van der Waals surface area contributed by atoms with E-state index in [4.69, 9.17) is 0 Å². The third kappa shape index (κ3) is 2.61. The smallest absolute Gasteiger partial charge is 0.0705 e. The predicted molar refractivity (Wildman–Crippen MR) is 132 cm³/mol. The molecule has 0 saturated carbocycles. The fourth-order valence-electron chi connectivity index (χ4n) is 6.25. The van der Waals surface area contributed by atoms with Crippen molar-refractivity contribution in [1.82, 2.24) is 0 Å². The molecule has 0 saturated heterocycles. The number of hydrogen-bond acceptors (Lipinski definition) is 0. The molecule has 4 aromatic rings. The van der Waals surface area contributed by atoms with E-state index >= 15 is 0 Å². The van der Waals surface area contributed by atoms with Crippen LogP contribution in [0.15, 0.2) is 84.9 Å². The van der Waals surface area contributed by atoms with E-state index in [2.05, 4.69) is 120 Å². The molecule has 0 nitrogen and oxygen atoms in total. The van der Waals surface area contributed by atoms with Crippen molar-refractivity contribution in [3.8, 4) is 11.1 Å². The van der Waals surface area contributed by atoms with E-state index in [1.165, 1.54) is 44.1 Å². The second-order valence-corrected chi connectivity index (χ2v) is 9.99. The first-order valence-corrected chi connectivity index (χ1v) is 11.0. The zero-order chi connectivity index (χ0) is 21.1. The van der Waals surface area contributed by atoms with Gasteiger partial charge < -0.3 is 0 Å². The third-order valence-corrected chi connectivity index (χ3v) is 7.45. The Hall–Kier alpha value is -2.80. The van der Waals surface area contributed by atoms with Crippen molar-refractivity contribution in [2.45, 2.75) is 45.2 Å². The summed E-state index contributed by atoms with van der Waals surface area (Å²) in [5.74, 6) is 0. The van der Waals surface area contributed by atoms with E-state index in [0.29, 0.717) is 6.71 Å². The van der Waals surface area contributed by atoms with Crippen molar-refractivity contribution in [2.75, 3.05) is 0 Å². The molecule has 1 heterocycles. The lowest BCUT2D eigenvalue weighted by Crippen LogP contribution is -2.61. The van der Waals surface area contributed by atoms with Crippen LogP contribution in [-0.2, 0) is 10.6 Å². The highest BCUT2D eigenvalue weighted by molar-refractivity contribution is 6.80. The van der Waals surface area contributed by atoms with Crippen LogP contribution >= 0.6 is 0 Å². The standard InChI is InChI=1S/C29H29B/c1-20-18-19-25-27-22(20)15-11-16-24(27)28(2,3)30(29(25,4)5)26-17-10-9-14-23(26)21-12-7-6-8-13-21/h6-19H,1-5H3. The van der Waals surface area contributed by atoms with Gasteiger partial charge in [-0.3, -0.25) is 0 Å². The van der Waals surface area contributed by atoms with Crippen LogP contribution in [0, 0.1) is 6.92 Å². The van der Waals surface area contributed by atoms with E-state index in [9.17, 15) is 0 Å².